The second kappa shape index (κ2) is 3.88. The van der Waals surface area contributed by atoms with Gasteiger partial charge in [0.2, 0.25) is 0 Å². The van der Waals surface area contributed by atoms with Crippen molar-refractivity contribution in [3.05, 3.63) is 17.0 Å². The maximum Gasteiger partial charge on any atom is 0.0713 e. The van der Waals surface area contributed by atoms with E-state index in [1.807, 2.05) is 0 Å². The van der Waals surface area contributed by atoms with Gasteiger partial charge in [-0.2, -0.15) is 5.10 Å². The smallest absolute Gasteiger partial charge is 0.0713 e. The second-order valence-corrected chi connectivity index (χ2v) is 5.67. The van der Waals surface area contributed by atoms with Crippen LogP contribution >= 0.6 is 0 Å². The van der Waals surface area contributed by atoms with E-state index >= 15 is 0 Å². The lowest BCUT2D eigenvalue weighted by Crippen LogP contribution is -2.40. The van der Waals surface area contributed by atoms with Crippen LogP contribution in [-0.4, -0.2) is 23.3 Å². The predicted octanol–water partition coefficient (Wildman–Crippen LogP) is 1.86. The molecular formula is C13H21N3. The van der Waals surface area contributed by atoms with Crippen LogP contribution in [-0.2, 0) is 12.8 Å². The van der Waals surface area contributed by atoms with Crippen LogP contribution in [0.4, 0.5) is 0 Å². The molecule has 2 heterocycles. The van der Waals surface area contributed by atoms with Crippen LogP contribution in [0.25, 0.3) is 0 Å². The first-order valence-electron chi connectivity index (χ1n) is 6.52. The van der Waals surface area contributed by atoms with Gasteiger partial charge in [-0.1, -0.05) is 13.8 Å². The van der Waals surface area contributed by atoms with Gasteiger partial charge in [-0.25, -0.2) is 0 Å². The van der Waals surface area contributed by atoms with Crippen molar-refractivity contribution in [1.29, 1.82) is 0 Å². The number of nitrogens with one attached hydrogen (secondary N) is 2. The molecule has 0 bridgehead atoms. The van der Waals surface area contributed by atoms with E-state index in [2.05, 4.69) is 29.4 Å². The lowest BCUT2D eigenvalue weighted by atomic mass is 9.78. The van der Waals surface area contributed by atoms with Gasteiger partial charge in [0.05, 0.1) is 5.69 Å². The third-order valence-corrected chi connectivity index (χ3v) is 4.33. The molecule has 1 atom stereocenters. The molecule has 3 nitrogen and oxygen atoms in total. The van der Waals surface area contributed by atoms with E-state index in [1.54, 1.807) is 5.56 Å². The molecule has 0 aromatic carbocycles. The summed E-state index contributed by atoms with van der Waals surface area (Å²) in [6.45, 7) is 6.92. The first kappa shape index (κ1) is 10.3. The van der Waals surface area contributed by atoms with Gasteiger partial charge in [0, 0.05) is 24.7 Å². The number of H-pyrrole nitrogens is 1. The minimum atomic E-state index is 0.672. The highest BCUT2D eigenvalue weighted by atomic mass is 15.1. The first-order chi connectivity index (χ1) is 7.75. The van der Waals surface area contributed by atoms with E-state index in [4.69, 9.17) is 0 Å². The number of hydrogen-bond acceptors (Lipinski definition) is 2. The number of hydrogen-bond donors (Lipinski definition) is 2. The molecule has 1 fully saturated rings. The molecule has 1 unspecified atom stereocenters. The van der Waals surface area contributed by atoms with Crippen molar-refractivity contribution in [2.24, 2.45) is 11.8 Å². The molecule has 1 aromatic rings. The van der Waals surface area contributed by atoms with Crippen LogP contribution in [0.1, 0.15) is 43.1 Å². The fourth-order valence-electron chi connectivity index (χ4n) is 2.93. The van der Waals surface area contributed by atoms with Crippen molar-refractivity contribution in [1.82, 2.24) is 15.5 Å². The maximum atomic E-state index is 4.55. The summed E-state index contributed by atoms with van der Waals surface area (Å²) in [6, 6.07) is 0. The van der Waals surface area contributed by atoms with Gasteiger partial charge < -0.3 is 5.32 Å². The molecule has 0 saturated carbocycles. The Kier molecular flexibility index (Phi) is 2.51. The molecule has 3 rings (SSSR count). The quantitative estimate of drug-likeness (QED) is 0.797. The van der Waals surface area contributed by atoms with Gasteiger partial charge in [0.15, 0.2) is 0 Å². The number of aryl methyl sites for hydroxylation is 1. The molecule has 1 aliphatic carbocycles. The number of aromatic amines is 1. The lowest BCUT2D eigenvalue weighted by molar-refractivity contribution is 0.338. The molecule has 0 amide bonds. The maximum absolute atomic E-state index is 4.55. The Morgan fingerprint density at radius 2 is 2.12 bits per heavy atom. The van der Waals surface area contributed by atoms with Crippen LogP contribution in [0.15, 0.2) is 0 Å². The molecule has 0 spiro atoms. The average Bonchev–Trinajstić information content (AvgIpc) is 2.59. The monoisotopic (exact) mass is 219 g/mol. The largest absolute Gasteiger partial charge is 0.315 e. The second-order valence-electron chi connectivity index (χ2n) is 5.67. The van der Waals surface area contributed by atoms with Gasteiger partial charge in [0.25, 0.3) is 0 Å². The third kappa shape index (κ3) is 1.58. The summed E-state index contributed by atoms with van der Waals surface area (Å²) in [6.07, 6.45) is 3.77. The number of nitrogens with zero attached hydrogens (tertiary/aromatic N) is 1. The Morgan fingerprint density at radius 1 is 1.31 bits per heavy atom. The molecule has 88 valence electrons. The van der Waals surface area contributed by atoms with Crippen molar-refractivity contribution in [2.75, 3.05) is 13.1 Å². The predicted molar refractivity (Wildman–Crippen MR) is 64.6 cm³/mol. The van der Waals surface area contributed by atoms with Crippen LogP contribution in [0.3, 0.4) is 0 Å². The van der Waals surface area contributed by atoms with Crippen LogP contribution < -0.4 is 5.32 Å². The minimum absolute atomic E-state index is 0.672. The van der Waals surface area contributed by atoms with E-state index in [9.17, 15) is 0 Å². The van der Waals surface area contributed by atoms with Crippen molar-refractivity contribution in [3.8, 4) is 0 Å². The Hall–Kier alpha value is -0.830. The zero-order chi connectivity index (χ0) is 11.1. The molecule has 0 radical (unpaired) electrons. The van der Waals surface area contributed by atoms with Crippen molar-refractivity contribution >= 4 is 0 Å². The Balaban J connectivity index is 1.86. The SMILES string of the molecule is CC(C)C1CCc2[nH]nc(C3CNC3)c2C1. The van der Waals surface area contributed by atoms with E-state index in [0.29, 0.717) is 5.92 Å². The van der Waals surface area contributed by atoms with Crippen LogP contribution in [0, 0.1) is 11.8 Å². The summed E-state index contributed by atoms with van der Waals surface area (Å²) >= 11 is 0. The zero-order valence-corrected chi connectivity index (χ0v) is 10.2. The van der Waals surface area contributed by atoms with Crippen molar-refractivity contribution in [2.45, 2.75) is 39.0 Å². The van der Waals surface area contributed by atoms with Crippen molar-refractivity contribution < 1.29 is 0 Å². The van der Waals surface area contributed by atoms with Gasteiger partial charge in [-0.3, -0.25) is 5.10 Å². The fourth-order valence-corrected chi connectivity index (χ4v) is 2.93. The summed E-state index contributed by atoms with van der Waals surface area (Å²) in [5, 5.41) is 11.1. The molecule has 3 heteroatoms. The number of aromatic nitrogens is 2. The Morgan fingerprint density at radius 3 is 2.75 bits per heavy atom. The molecule has 1 aliphatic heterocycles. The van der Waals surface area contributed by atoms with E-state index in [0.717, 1.165) is 24.9 Å². The summed E-state index contributed by atoms with van der Waals surface area (Å²) in [5.41, 5.74) is 4.33. The molecule has 2 aliphatic rings. The first-order valence-corrected chi connectivity index (χ1v) is 6.52. The zero-order valence-electron chi connectivity index (χ0n) is 10.2. The van der Waals surface area contributed by atoms with Crippen molar-refractivity contribution in [3.63, 3.8) is 0 Å². The topological polar surface area (TPSA) is 40.7 Å². The Bertz CT molecular complexity index is 377. The van der Waals surface area contributed by atoms with Gasteiger partial charge >= 0.3 is 0 Å². The standard InChI is InChI=1S/C13H21N3/c1-8(2)9-3-4-12-11(5-9)13(16-15-12)10-6-14-7-10/h8-10,14H,3-7H2,1-2H3,(H,15,16). The van der Waals surface area contributed by atoms with E-state index in [-0.39, 0.29) is 0 Å². The van der Waals surface area contributed by atoms with Gasteiger partial charge in [-0.05, 0) is 36.7 Å². The minimum Gasteiger partial charge on any atom is -0.315 e. The summed E-state index contributed by atoms with van der Waals surface area (Å²) in [7, 11) is 0. The highest BCUT2D eigenvalue weighted by Crippen LogP contribution is 2.34. The normalized spacial score (nSPS) is 25.6. The van der Waals surface area contributed by atoms with E-state index in [1.165, 1.54) is 30.7 Å². The molecule has 1 saturated heterocycles. The third-order valence-electron chi connectivity index (χ3n) is 4.33. The molecular weight excluding hydrogens is 198 g/mol. The summed E-state index contributed by atoms with van der Waals surface area (Å²) in [4.78, 5) is 0. The van der Waals surface area contributed by atoms with Crippen LogP contribution in [0.2, 0.25) is 0 Å². The average molecular weight is 219 g/mol. The molecule has 1 aromatic heterocycles. The highest BCUT2D eigenvalue weighted by Gasteiger charge is 2.30. The van der Waals surface area contributed by atoms with E-state index < -0.39 is 0 Å². The fraction of sp³-hybridized carbons (Fsp3) is 0.769. The van der Waals surface area contributed by atoms with Gasteiger partial charge in [-0.15, -0.1) is 0 Å². The summed E-state index contributed by atoms with van der Waals surface area (Å²) < 4.78 is 0. The lowest BCUT2D eigenvalue weighted by Gasteiger charge is -2.30. The number of rotatable bonds is 2. The Labute approximate surface area is 97.0 Å². The molecule has 16 heavy (non-hydrogen) atoms. The summed E-state index contributed by atoms with van der Waals surface area (Å²) in [5.74, 6) is 2.33. The highest BCUT2D eigenvalue weighted by molar-refractivity contribution is 5.32. The van der Waals surface area contributed by atoms with Crippen LogP contribution in [0.5, 0.6) is 0 Å². The van der Waals surface area contributed by atoms with Gasteiger partial charge in [0.1, 0.15) is 0 Å². The molecule has 2 N–H and O–H groups in total. The number of fused-ring (bicyclic) bond motifs is 1.